The monoisotopic (exact) mass is 685 g/mol. The topological polar surface area (TPSA) is 133 Å². The number of benzene rings is 2. The lowest BCUT2D eigenvalue weighted by molar-refractivity contribution is -0.158. The molecule has 0 radical (unpaired) electrons. The molecule has 2 aromatic rings. The summed E-state index contributed by atoms with van der Waals surface area (Å²) < 4.78 is 33.1. The number of unbranched alkanes of at least 4 members (excludes halogenated alkanes) is 9. The summed E-state index contributed by atoms with van der Waals surface area (Å²) in [4.78, 5) is 39.1. The van der Waals surface area contributed by atoms with Crippen LogP contribution in [0.15, 0.2) is 53.4 Å². The number of carbonyl (C=O) groups is 3. The number of rotatable bonds is 20. The van der Waals surface area contributed by atoms with Crippen LogP contribution in [0.25, 0.3) is 0 Å². The van der Waals surface area contributed by atoms with Crippen LogP contribution < -0.4 is 10.1 Å². The Bertz CT molecular complexity index is 1390. The quantitative estimate of drug-likeness (QED) is 0.118. The van der Waals surface area contributed by atoms with Crippen LogP contribution in [-0.2, 0) is 26.2 Å². The highest BCUT2D eigenvalue weighted by atomic mass is 32.2. The van der Waals surface area contributed by atoms with Crippen molar-refractivity contribution >= 4 is 27.8 Å². The Hall–Kier alpha value is -3.44. The number of nitrogens with zero attached hydrogens (tertiary/aromatic N) is 2. The summed E-state index contributed by atoms with van der Waals surface area (Å²) in [6.45, 7) is 5.39. The molecule has 48 heavy (non-hydrogen) atoms. The molecule has 0 spiro atoms. The fraction of sp³-hybridized carbons (Fsp3) is 0.595. The average Bonchev–Trinajstić information content (AvgIpc) is 3.10. The summed E-state index contributed by atoms with van der Waals surface area (Å²) in [7, 11) is -2.18. The van der Waals surface area contributed by atoms with Crippen molar-refractivity contribution in [1.82, 2.24) is 14.5 Å². The van der Waals surface area contributed by atoms with Gasteiger partial charge in [0, 0.05) is 37.8 Å². The molecular weight excluding hydrogens is 630 g/mol. The minimum absolute atomic E-state index is 0.0727. The molecule has 2 N–H and O–H groups in total. The van der Waals surface area contributed by atoms with Gasteiger partial charge in [-0.15, -0.1) is 0 Å². The molecule has 1 aliphatic heterocycles. The van der Waals surface area contributed by atoms with E-state index in [4.69, 9.17) is 4.74 Å². The third-order valence-corrected chi connectivity index (χ3v) is 11.3. The number of aliphatic carboxylic acids is 1. The number of hydrogen-bond acceptors (Lipinski definition) is 6. The number of nitrogens with one attached hydrogen (secondary N) is 1. The SMILES string of the molecule is CCCCCCCCCCCCNC(=O)c1ccc(CN(C(=O)C(=O)O)C(CC)C2CCN(S(=O)(=O)c3ccc(OC)cc3)CC2)cc1. The van der Waals surface area contributed by atoms with Gasteiger partial charge in [-0.3, -0.25) is 9.59 Å². The van der Waals surface area contributed by atoms with E-state index in [9.17, 15) is 27.9 Å². The standard InChI is InChI=1S/C37H55N3O7S/c1-4-6-7-8-9-10-11-12-13-14-25-38-35(41)31-17-15-29(16-18-31)28-40(36(42)37(43)44)34(5-2)30-23-26-39(27-24-30)48(45,46)33-21-19-32(47-3)20-22-33/h15-22,30,34H,4-14,23-28H2,1-3H3,(H,38,41)(H,43,44). The molecule has 0 aliphatic carbocycles. The maximum absolute atomic E-state index is 13.3. The summed E-state index contributed by atoms with van der Waals surface area (Å²) in [5.41, 5.74) is 1.23. The average molecular weight is 686 g/mol. The van der Waals surface area contributed by atoms with Crippen LogP contribution >= 0.6 is 0 Å². The summed E-state index contributed by atoms with van der Waals surface area (Å²) in [5.74, 6) is -2.18. The van der Waals surface area contributed by atoms with Gasteiger partial charge in [0.05, 0.1) is 12.0 Å². The van der Waals surface area contributed by atoms with Crippen molar-refractivity contribution in [2.75, 3.05) is 26.7 Å². The Labute approximate surface area is 287 Å². The molecule has 0 saturated carbocycles. The molecule has 1 unspecified atom stereocenters. The molecule has 0 aromatic heterocycles. The number of ether oxygens (including phenoxy) is 1. The van der Waals surface area contributed by atoms with E-state index in [-0.39, 0.29) is 42.4 Å². The Kier molecular flexibility index (Phi) is 16.4. The molecule has 266 valence electrons. The summed E-state index contributed by atoms with van der Waals surface area (Å²) >= 11 is 0. The van der Waals surface area contributed by atoms with E-state index in [0.29, 0.717) is 42.7 Å². The molecule has 3 rings (SSSR count). The number of methoxy groups -OCH3 is 1. The first-order valence-electron chi connectivity index (χ1n) is 17.7. The number of amides is 2. The van der Waals surface area contributed by atoms with E-state index in [1.165, 1.54) is 79.8 Å². The highest BCUT2D eigenvalue weighted by molar-refractivity contribution is 7.89. The van der Waals surface area contributed by atoms with Gasteiger partial charge in [-0.05, 0) is 73.6 Å². The smallest absolute Gasteiger partial charge is 0.394 e. The summed E-state index contributed by atoms with van der Waals surface area (Å²) in [6.07, 6.45) is 13.8. The molecule has 10 nitrogen and oxygen atoms in total. The zero-order chi connectivity index (χ0) is 34.9. The molecule has 1 fully saturated rings. The van der Waals surface area contributed by atoms with Gasteiger partial charge in [0.1, 0.15) is 5.75 Å². The van der Waals surface area contributed by atoms with Crippen LogP contribution in [0.5, 0.6) is 5.75 Å². The van der Waals surface area contributed by atoms with Gasteiger partial charge in [0.2, 0.25) is 10.0 Å². The van der Waals surface area contributed by atoms with Crippen LogP contribution in [0.3, 0.4) is 0 Å². The Morgan fingerprint density at radius 2 is 1.44 bits per heavy atom. The molecule has 1 heterocycles. The van der Waals surface area contributed by atoms with E-state index in [2.05, 4.69) is 12.2 Å². The summed E-state index contributed by atoms with van der Waals surface area (Å²) in [6, 6.07) is 12.8. The van der Waals surface area contributed by atoms with Gasteiger partial charge in [0.25, 0.3) is 5.91 Å². The molecule has 1 aliphatic rings. The van der Waals surface area contributed by atoms with Crippen LogP contribution in [-0.4, -0.2) is 73.3 Å². The van der Waals surface area contributed by atoms with Crippen molar-refractivity contribution in [1.29, 1.82) is 0 Å². The van der Waals surface area contributed by atoms with Crippen LogP contribution in [0.4, 0.5) is 0 Å². The van der Waals surface area contributed by atoms with Gasteiger partial charge < -0.3 is 20.1 Å². The fourth-order valence-corrected chi connectivity index (χ4v) is 8.01. The third-order valence-electron chi connectivity index (χ3n) is 9.39. The molecular formula is C37H55N3O7S. The van der Waals surface area contributed by atoms with Crippen molar-refractivity contribution in [3.05, 3.63) is 59.7 Å². The zero-order valence-corrected chi connectivity index (χ0v) is 29.8. The molecule has 2 amide bonds. The second-order valence-electron chi connectivity index (χ2n) is 12.8. The van der Waals surface area contributed by atoms with Gasteiger partial charge in [0.15, 0.2) is 0 Å². The predicted molar refractivity (Wildman–Crippen MR) is 187 cm³/mol. The Balaban J connectivity index is 1.52. The van der Waals surface area contributed by atoms with E-state index in [1.807, 2.05) is 6.92 Å². The number of piperidine rings is 1. The third kappa shape index (κ3) is 11.6. The van der Waals surface area contributed by atoms with Crippen LogP contribution in [0, 0.1) is 5.92 Å². The van der Waals surface area contributed by atoms with Crippen LogP contribution in [0.2, 0.25) is 0 Å². The second-order valence-corrected chi connectivity index (χ2v) is 14.7. The largest absolute Gasteiger partial charge is 0.497 e. The molecule has 11 heteroatoms. The zero-order valence-electron chi connectivity index (χ0n) is 29.0. The van der Waals surface area contributed by atoms with Crippen molar-refractivity contribution in [3.63, 3.8) is 0 Å². The number of carboxylic acid groups (broad SMARTS) is 1. The van der Waals surface area contributed by atoms with Crippen molar-refractivity contribution in [2.45, 2.75) is 115 Å². The first kappa shape index (κ1) is 39.0. The molecule has 0 bridgehead atoms. The van der Waals surface area contributed by atoms with Gasteiger partial charge in [-0.2, -0.15) is 4.31 Å². The number of carbonyl (C=O) groups excluding carboxylic acids is 2. The van der Waals surface area contributed by atoms with Gasteiger partial charge >= 0.3 is 11.9 Å². The number of hydrogen-bond donors (Lipinski definition) is 2. The van der Waals surface area contributed by atoms with E-state index in [0.717, 1.165) is 12.8 Å². The maximum atomic E-state index is 13.3. The number of sulfonamides is 1. The number of carboxylic acids is 1. The first-order valence-corrected chi connectivity index (χ1v) is 19.1. The van der Waals surface area contributed by atoms with Crippen LogP contribution in [0.1, 0.15) is 113 Å². The van der Waals surface area contributed by atoms with Crippen molar-refractivity contribution in [2.24, 2.45) is 5.92 Å². The second kappa shape index (κ2) is 20.2. The Morgan fingerprint density at radius 1 is 0.875 bits per heavy atom. The van der Waals surface area contributed by atoms with E-state index in [1.54, 1.807) is 36.4 Å². The van der Waals surface area contributed by atoms with Crippen molar-refractivity contribution in [3.8, 4) is 5.75 Å². The highest BCUT2D eigenvalue weighted by Gasteiger charge is 2.37. The van der Waals surface area contributed by atoms with Gasteiger partial charge in [-0.25, -0.2) is 13.2 Å². The predicted octanol–water partition coefficient (Wildman–Crippen LogP) is 6.64. The minimum Gasteiger partial charge on any atom is -0.497 e. The fourth-order valence-electron chi connectivity index (χ4n) is 6.54. The lowest BCUT2D eigenvalue weighted by Crippen LogP contribution is -2.50. The Morgan fingerprint density at radius 3 is 1.96 bits per heavy atom. The van der Waals surface area contributed by atoms with E-state index < -0.39 is 21.9 Å². The molecule has 2 aromatic carbocycles. The molecule has 1 atom stereocenters. The maximum Gasteiger partial charge on any atom is 0.394 e. The van der Waals surface area contributed by atoms with E-state index >= 15 is 0 Å². The normalized spacial score (nSPS) is 14.7. The lowest BCUT2D eigenvalue weighted by atomic mass is 9.87. The van der Waals surface area contributed by atoms with Gasteiger partial charge in [-0.1, -0.05) is 83.8 Å². The minimum atomic E-state index is -3.70. The van der Waals surface area contributed by atoms with Crippen molar-refractivity contribution < 1.29 is 32.6 Å². The summed E-state index contributed by atoms with van der Waals surface area (Å²) in [5, 5.41) is 12.6. The first-order chi connectivity index (χ1) is 23.1. The lowest BCUT2D eigenvalue weighted by Gasteiger charge is -2.40. The molecule has 1 saturated heterocycles. The highest BCUT2D eigenvalue weighted by Crippen LogP contribution is 2.31.